The van der Waals surface area contributed by atoms with Gasteiger partial charge < -0.3 is 10.4 Å². The molecule has 2 aromatic carbocycles. The number of nitrogens with zero attached hydrogens (tertiary/aromatic N) is 6. The first kappa shape index (κ1) is 19.1. The summed E-state index contributed by atoms with van der Waals surface area (Å²) < 4.78 is 15.4. The maximum absolute atomic E-state index is 13.9. The van der Waals surface area contributed by atoms with Gasteiger partial charge in [0.15, 0.2) is 5.82 Å². The number of nitrogens with one attached hydrogen (secondary N) is 1. The monoisotopic (exact) mass is 405 g/mol. The van der Waals surface area contributed by atoms with Crippen LogP contribution in [0.25, 0.3) is 28.3 Å². The molecule has 0 bridgehead atoms. The van der Waals surface area contributed by atoms with Crippen LogP contribution in [0.15, 0.2) is 54.7 Å². The molecule has 0 atom stereocenters. The van der Waals surface area contributed by atoms with Gasteiger partial charge in [0.1, 0.15) is 12.4 Å². The summed E-state index contributed by atoms with van der Waals surface area (Å²) in [5.41, 5.74) is 3.13. The number of halogens is 1. The Bertz CT molecular complexity index is 1210. The van der Waals surface area contributed by atoms with Crippen molar-refractivity contribution in [2.75, 3.05) is 11.9 Å². The standard InChI is InChI=1S/C20H16FN7O2/c1-12-5-7-15(8-6-12)28-19(25-26-27-28)16-10-22-20(23-11-17(29)30)24-18(16)13-3-2-4-14(21)9-13/h2-10H,11H2,1H3,(H,29,30)(H,22,23,24). The van der Waals surface area contributed by atoms with E-state index >= 15 is 0 Å². The fourth-order valence-corrected chi connectivity index (χ4v) is 2.86. The van der Waals surface area contributed by atoms with Crippen molar-refractivity contribution in [1.82, 2.24) is 30.2 Å². The topological polar surface area (TPSA) is 119 Å². The maximum Gasteiger partial charge on any atom is 0.322 e. The molecule has 2 aromatic heterocycles. The van der Waals surface area contributed by atoms with Crippen LogP contribution < -0.4 is 5.32 Å². The van der Waals surface area contributed by atoms with Crippen molar-refractivity contribution in [2.45, 2.75) is 6.92 Å². The van der Waals surface area contributed by atoms with Gasteiger partial charge in [0.05, 0.1) is 16.9 Å². The molecule has 150 valence electrons. The molecule has 0 amide bonds. The number of hydrogen-bond donors (Lipinski definition) is 2. The van der Waals surface area contributed by atoms with Crippen LogP contribution in [0.2, 0.25) is 0 Å². The van der Waals surface area contributed by atoms with Crippen molar-refractivity contribution < 1.29 is 14.3 Å². The van der Waals surface area contributed by atoms with Crippen LogP contribution in [-0.2, 0) is 4.79 Å². The predicted molar refractivity (Wildman–Crippen MR) is 106 cm³/mol. The number of carboxylic acid groups (broad SMARTS) is 1. The van der Waals surface area contributed by atoms with Gasteiger partial charge in [-0.3, -0.25) is 4.79 Å². The highest BCUT2D eigenvalue weighted by atomic mass is 19.1. The summed E-state index contributed by atoms with van der Waals surface area (Å²) in [6.45, 7) is 1.62. The second-order valence-electron chi connectivity index (χ2n) is 6.46. The van der Waals surface area contributed by atoms with E-state index in [1.807, 2.05) is 31.2 Å². The Balaban J connectivity index is 1.85. The summed E-state index contributed by atoms with van der Waals surface area (Å²) in [4.78, 5) is 19.4. The molecule has 9 nitrogen and oxygen atoms in total. The number of aromatic nitrogens is 6. The third-order valence-electron chi connectivity index (χ3n) is 4.27. The van der Waals surface area contributed by atoms with Crippen LogP contribution in [0.5, 0.6) is 0 Å². The van der Waals surface area contributed by atoms with Crippen LogP contribution in [0.4, 0.5) is 10.3 Å². The Morgan fingerprint density at radius 1 is 1.20 bits per heavy atom. The van der Waals surface area contributed by atoms with E-state index in [1.165, 1.54) is 23.0 Å². The summed E-state index contributed by atoms with van der Waals surface area (Å²) >= 11 is 0. The number of aryl methyl sites for hydroxylation is 1. The molecule has 2 N–H and O–H groups in total. The van der Waals surface area contributed by atoms with Gasteiger partial charge in [-0.25, -0.2) is 14.4 Å². The Labute approximate surface area is 170 Å². The second kappa shape index (κ2) is 8.03. The molecular formula is C20H16FN7O2. The number of rotatable bonds is 6. The van der Waals surface area contributed by atoms with Gasteiger partial charge in [0.25, 0.3) is 0 Å². The molecule has 0 aliphatic rings. The lowest BCUT2D eigenvalue weighted by Gasteiger charge is -2.11. The Hall–Kier alpha value is -4.21. The Morgan fingerprint density at radius 2 is 2.00 bits per heavy atom. The minimum atomic E-state index is -1.06. The van der Waals surface area contributed by atoms with Crippen LogP contribution in [0.3, 0.4) is 0 Å². The van der Waals surface area contributed by atoms with E-state index in [0.29, 0.717) is 22.6 Å². The zero-order valence-corrected chi connectivity index (χ0v) is 15.8. The third-order valence-corrected chi connectivity index (χ3v) is 4.27. The average molecular weight is 405 g/mol. The molecule has 30 heavy (non-hydrogen) atoms. The van der Waals surface area contributed by atoms with Gasteiger partial charge in [-0.15, -0.1) is 5.10 Å². The number of hydrogen-bond acceptors (Lipinski definition) is 7. The molecule has 0 spiro atoms. The molecule has 0 fully saturated rings. The van der Waals surface area contributed by atoms with Gasteiger partial charge in [-0.2, -0.15) is 4.68 Å². The highest BCUT2D eigenvalue weighted by molar-refractivity contribution is 5.78. The van der Waals surface area contributed by atoms with Crippen molar-refractivity contribution in [3.63, 3.8) is 0 Å². The molecule has 0 unspecified atom stereocenters. The van der Waals surface area contributed by atoms with E-state index in [2.05, 4.69) is 30.8 Å². The van der Waals surface area contributed by atoms with E-state index in [4.69, 9.17) is 5.11 Å². The molecule has 0 saturated carbocycles. The van der Waals surface area contributed by atoms with Crippen molar-refractivity contribution in [2.24, 2.45) is 0 Å². The molecule has 2 heterocycles. The first-order valence-electron chi connectivity index (χ1n) is 8.96. The lowest BCUT2D eigenvalue weighted by atomic mass is 10.1. The second-order valence-corrected chi connectivity index (χ2v) is 6.46. The molecule has 0 aliphatic carbocycles. The van der Waals surface area contributed by atoms with E-state index in [9.17, 15) is 9.18 Å². The summed E-state index contributed by atoms with van der Waals surface area (Å²) in [7, 11) is 0. The van der Waals surface area contributed by atoms with Gasteiger partial charge in [-0.05, 0) is 41.6 Å². The predicted octanol–water partition coefficient (Wildman–Crippen LogP) is 2.73. The summed E-state index contributed by atoms with van der Waals surface area (Å²) in [6.07, 6.45) is 1.48. The maximum atomic E-state index is 13.9. The molecule has 0 radical (unpaired) electrons. The SMILES string of the molecule is Cc1ccc(-n2nnnc2-c2cnc(NCC(=O)O)nc2-c2cccc(F)c2)cc1. The van der Waals surface area contributed by atoms with Crippen molar-refractivity contribution >= 4 is 11.9 Å². The molecule has 4 aromatic rings. The van der Waals surface area contributed by atoms with Crippen molar-refractivity contribution in [3.05, 3.63) is 66.1 Å². The number of anilines is 1. The van der Waals surface area contributed by atoms with E-state index in [1.54, 1.807) is 12.1 Å². The van der Waals surface area contributed by atoms with Gasteiger partial charge >= 0.3 is 5.97 Å². The van der Waals surface area contributed by atoms with Gasteiger partial charge in [0, 0.05) is 11.8 Å². The van der Waals surface area contributed by atoms with Crippen molar-refractivity contribution in [3.8, 4) is 28.3 Å². The Kier molecular flexibility index (Phi) is 5.12. The Morgan fingerprint density at radius 3 is 2.73 bits per heavy atom. The fourth-order valence-electron chi connectivity index (χ4n) is 2.86. The number of carboxylic acids is 1. The first-order chi connectivity index (χ1) is 14.5. The minimum absolute atomic E-state index is 0.0924. The molecule has 10 heteroatoms. The number of tetrazole rings is 1. The lowest BCUT2D eigenvalue weighted by molar-refractivity contribution is -0.134. The van der Waals surface area contributed by atoms with Gasteiger partial charge in [-0.1, -0.05) is 29.8 Å². The van der Waals surface area contributed by atoms with Gasteiger partial charge in [0.2, 0.25) is 5.95 Å². The van der Waals surface area contributed by atoms with Crippen LogP contribution in [0, 0.1) is 12.7 Å². The number of aliphatic carboxylic acids is 1. The largest absolute Gasteiger partial charge is 0.480 e. The highest BCUT2D eigenvalue weighted by Crippen LogP contribution is 2.30. The fraction of sp³-hybridized carbons (Fsp3) is 0.100. The lowest BCUT2D eigenvalue weighted by Crippen LogP contribution is -2.14. The average Bonchev–Trinajstić information content (AvgIpc) is 3.22. The number of carbonyl (C=O) groups is 1. The summed E-state index contributed by atoms with van der Waals surface area (Å²) in [5.74, 6) is -1.04. The smallest absolute Gasteiger partial charge is 0.322 e. The van der Waals surface area contributed by atoms with E-state index < -0.39 is 11.8 Å². The highest BCUT2D eigenvalue weighted by Gasteiger charge is 2.19. The minimum Gasteiger partial charge on any atom is -0.480 e. The normalized spacial score (nSPS) is 10.7. The third kappa shape index (κ3) is 3.97. The van der Waals surface area contributed by atoms with Crippen molar-refractivity contribution in [1.29, 1.82) is 0 Å². The molecule has 4 rings (SSSR count). The molecule has 0 saturated heterocycles. The summed E-state index contributed by atoms with van der Waals surface area (Å²) in [5, 5.41) is 23.4. The summed E-state index contributed by atoms with van der Waals surface area (Å²) in [6, 6.07) is 13.5. The number of benzene rings is 2. The molecular weight excluding hydrogens is 389 g/mol. The van der Waals surface area contributed by atoms with E-state index in [0.717, 1.165) is 11.3 Å². The van der Waals surface area contributed by atoms with Crippen LogP contribution >= 0.6 is 0 Å². The first-order valence-corrected chi connectivity index (χ1v) is 8.96. The quantitative estimate of drug-likeness (QED) is 0.503. The molecule has 0 aliphatic heterocycles. The van der Waals surface area contributed by atoms with Crippen LogP contribution in [-0.4, -0.2) is 47.8 Å². The zero-order chi connectivity index (χ0) is 21.1. The van der Waals surface area contributed by atoms with Crippen LogP contribution in [0.1, 0.15) is 5.56 Å². The zero-order valence-electron chi connectivity index (χ0n) is 15.8. The van der Waals surface area contributed by atoms with E-state index in [-0.39, 0.29) is 12.5 Å².